The molecule has 1 aliphatic rings. The van der Waals surface area contributed by atoms with Gasteiger partial charge < -0.3 is 10.1 Å². The Morgan fingerprint density at radius 1 is 1.21 bits per heavy atom. The molecule has 28 heavy (non-hydrogen) atoms. The summed E-state index contributed by atoms with van der Waals surface area (Å²) in [5.41, 5.74) is 3.06. The molecule has 7 heteroatoms. The Bertz CT molecular complexity index is 955. The van der Waals surface area contributed by atoms with E-state index in [0.29, 0.717) is 30.8 Å². The van der Waals surface area contributed by atoms with Crippen molar-refractivity contribution in [2.45, 2.75) is 37.6 Å². The molecule has 0 aromatic heterocycles. The van der Waals surface area contributed by atoms with E-state index in [1.165, 1.54) is 4.31 Å². The highest BCUT2D eigenvalue weighted by Crippen LogP contribution is 2.37. The van der Waals surface area contributed by atoms with Crippen LogP contribution < -0.4 is 9.62 Å². The number of benzene rings is 2. The third-order valence-corrected chi connectivity index (χ3v) is 6.83. The molecule has 0 unspecified atom stereocenters. The summed E-state index contributed by atoms with van der Waals surface area (Å²) < 4.78 is 32.8. The molecule has 0 fully saturated rings. The number of aryl methyl sites for hydroxylation is 1. The second-order valence-corrected chi connectivity index (χ2v) is 8.93. The van der Waals surface area contributed by atoms with E-state index in [2.05, 4.69) is 5.32 Å². The number of nitrogens with one attached hydrogen (secondary N) is 1. The summed E-state index contributed by atoms with van der Waals surface area (Å²) in [6.45, 7) is 4.93. The molecule has 150 valence electrons. The van der Waals surface area contributed by atoms with E-state index in [1.807, 2.05) is 13.8 Å². The van der Waals surface area contributed by atoms with Crippen molar-refractivity contribution in [1.82, 2.24) is 5.32 Å². The van der Waals surface area contributed by atoms with Crippen LogP contribution in [-0.2, 0) is 21.2 Å². The zero-order valence-electron chi connectivity index (χ0n) is 16.4. The van der Waals surface area contributed by atoms with E-state index in [0.717, 1.165) is 17.5 Å². The fourth-order valence-corrected chi connectivity index (χ4v) is 5.15. The molecular weight excluding hydrogens is 376 g/mol. The lowest BCUT2D eigenvalue weighted by molar-refractivity contribution is 0.0948. The molecule has 0 radical (unpaired) electrons. The van der Waals surface area contributed by atoms with Crippen molar-refractivity contribution in [3.63, 3.8) is 0 Å². The quantitative estimate of drug-likeness (QED) is 0.723. The smallest absolute Gasteiger partial charge is 0.264 e. The van der Waals surface area contributed by atoms with Crippen LogP contribution in [0.4, 0.5) is 5.69 Å². The van der Waals surface area contributed by atoms with E-state index in [-0.39, 0.29) is 16.8 Å². The standard InChI is InChI=1S/C21H26N2O4S/c1-15-5-8-19(9-6-15)28(25,26)23-16(2)13-18-14-17(7-10-20(18)23)21(24)22-11-4-12-27-3/h5-10,14,16H,4,11-13H2,1-3H3,(H,22,24)/t16-/m0/s1. The van der Waals surface area contributed by atoms with E-state index >= 15 is 0 Å². The molecule has 1 N–H and O–H groups in total. The van der Waals surface area contributed by atoms with E-state index in [1.54, 1.807) is 49.6 Å². The van der Waals surface area contributed by atoms with Crippen molar-refractivity contribution in [2.75, 3.05) is 24.6 Å². The minimum Gasteiger partial charge on any atom is -0.385 e. The maximum atomic E-state index is 13.2. The Kier molecular flexibility index (Phi) is 6.05. The minimum absolute atomic E-state index is 0.161. The minimum atomic E-state index is -3.65. The fraction of sp³-hybridized carbons (Fsp3) is 0.381. The predicted molar refractivity (Wildman–Crippen MR) is 109 cm³/mol. The van der Waals surface area contributed by atoms with Crippen LogP contribution in [0, 0.1) is 6.92 Å². The third-order valence-electron chi connectivity index (χ3n) is 4.88. The summed E-state index contributed by atoms with van der Waals surface area (Å²) in [7, 11) is -2.03. The summed E-state index contributed by atoms with van der Waals surface area (Å²) in [6, 6.07) is 11.9. The number of nitrogens with zero attached hydrogens (tertiary/aromatic N) is 1. The van der Waals surface area contributed by atoms with Gasteiger partial charge in [0.25, 0.3) is 15.9 Å². The van der Waals surface area contributed by atoms with Gasteiger partial charge in [0.2, 0.25) is 0 Å². The first kappa shape index (κ1) is 20.4. The number of anilines is 1. The lowest BCUT2D eigenvalue weighted by Crippen LogP contribution is -2.35. The van der Waals surface area contributed by atoms with Crippen molar-refractivity contribution in [1.29, 1.82) is 0 Å². The maximum Gasteiger partial charge on any atom is 0.264 e. The van der Waals surface area contributed by atoms with Crippen LogP contribution in [0.25, 0.3) is 0 Å². The van der Waals surface area contributed by atoms with E-state index in [4.69, 9.17) is 4.74 Å². The van der Waals surface area contributed by atoms with Crippen molar-refractivity contribution in [3.8, 4) is 0 Å². The second-order valence-electron chi connectivity index (χ2n) is 7.11. The number of carbonyl (C=O) groups is 1. The van der Waals surface area contributed by atoms with Crippen LogP contribution in [0.5, 0.6) is 0 Å². The number of amides is 1. The first-order chi connectivity index (χ1) is 13.3. The number of methoxy groups -OCH3 is 1. The molecule has 1 heterocycles. The van der Waals surface area contributed by atoms with Gasteiger partial charge in [0.15, 0.2) is 0 Å². The molecule has 3 rings (SSSR count). The van der Waals surface area contributed by atoms with Crippen LogP contribution in [0.2, 0.25) is 0 Å². The monoisotopic (exact) mass is 402 g/mol. The van der Waals surface area contributed by atoms with Crippen molar-refractivity contribution < 1.29 is 17.9 Å². The van der Waals surface area contributed by atoms with Gasteiger partial charge in [-0.3, -0.25) is 9.10 Å². The first-order valence-corrected chi connectivity index (χ1v) is 10.8. The largest absolute Gasteiger partial charge is 0.385 e. The highest BCUT2D eigenvalue weighted by molar-refractivity contribution is 7.92. The summed E-state index contributed by atoms with van der Waals surface area (Å²) in [5, 5.41) is 2.86. The molecule has 2 aromatic rings. The van der Waals surface area contributed by atoms with Crippen molar-refractivity contribution >= 4 is 21.6 Å². The van der Waals surface area contributed by atoms with Crippen LogP contribution >= 0.6 is 0 Å². The van der Waals surface area contributed by atoms with Crippen molar-refractivity contribution in [3.05, 3.63) is 59.2 Å². The molecule has 1 aliphatic heterocycles. The highest BCUT2D eigenvalue weighted by atomic mass is 32.2. The van der Waals surface area contributed by atoms with Gasteiger partial charge in [-0.2, -0.15) is 0 Å². The number of hydrogen-bond acceptors (Lipinski definition) is 4. The van der Waals surface area contributed by atoms with Crippen LogP contribution in [-0.4, -0.2) is 40.6 Å². The molecule has 0 bridgehead atoms. The average molecular weight is 403 g/mol. The van der Waals surface area contributed by atoms with Gasteiger partial charge in [0.05, 0.1) is 10.6 Å². The van der Waals surface area contributed by atoms with Gasteiger partial charge in [-0.15, -0.1) is 0 Å². The summed E-state index contributed by atoms with van der Waals surface area (Å²) in [5.74, 6) is -0.161. The van der Waals surface area contributed by atoms with Gasteiger partial charge in [-0.25, -0.2) is 8.42 Å². The summed E-state index contributed by atoms with van der Waals surface area (Å²) in [4.78, 5) is 12.6. The van der Waals surface area contributed by atoms with E-state index in [9.17, 15) is 13.2 Å². The number of hydrogen-bond donors (Lipinski definition) is 1. The van der Waals surface area contributed by atoms with Gasteiger partial charge in [0.1, 0.15) is 0 Å². The Morgan fingerprint density at radius 3 is 2.61 bits per heavy atom. The zero-order chi connectivity index (χ0) is 20.3. The molecule has 1 amide bonds. The summed E-state index contributed by atoms with van der Waals surface area (Å²) >= 11 is 0. The molecule has 0 saturated carbocycles. The van der Waals surface area contributed by atoms with E-state index < -0.39 is 10.0 Å². The number of fused-ring (bicyclic) bond motifs is 1. The van der Waals surface area contributed by atoms with Gasteiger partial charge in [-0.05, 0) is 62.6 Å². The first-order valence-electron chi connectivity index (χ1n) is 9.35. The zero-order valence-corrected chi connectivity index (χ0v) is 17.3. The lowest BCUT2D eigenvalue weighted by Gasteiger charge is -2.24. The van der Waals surface area contributed by atoms with Gasteiger partial charge >= 0.3 is 0 Å². The van der Waals surface area contributed by atoms with Crippen molar-refractivity contribution in [2.24, 2.45) is 0 Å². The fourth-order valence-electron chi connectivity index (χ4n) is 3.45. The molecule has 6 nitrogen and oxygen atoms in total. The number of rotatable bonds is 7. The van der Waals surface area contributed by atoms with Crippen LogP contribution in [0.1, 0.15) is 34.8 Å². The highest BCUT2D eigenvalue weighted by Gasteiger charge is 2.36. The van der Waals surface area contributed by atoms with Crippen LogP contribution in [0.15, 0.2) is 47.4 Å². The Labute approximate surface area is 166 Å². The SMILES string of the molecule is COCCCNC(=O)c1ccc2c(c1)C[C@H](C)N2S(=O)(=O)c1ccc(C)cc1. The number of carbonyl (C=O) groups excluding carboxylic acids is 1. The third kappa shape index (κ3) is 4.05. The van der Waals surface area contributed by atoms with Gasteiger partial charge in [-0.1, -0.05) is 17.7 Å². The topological polar surface area (TPSA) is 75.7 Å². The summed E-state index contributed by atoms with van der Waals surface area (Å²) in [6.07, 6.45) is 1.32. The normalized spacial score (nSPS) is 16.1. The Morgan fingerprint density at radius 2 is 1.93 bits per heavy atom. The molecule has 1 atom stereocenters. The molecule has 2 aromatic carbocycles. The second kappa shape index (κ2) is 8.32. The Hall–Kier alpha value is -2.38. The van der Waals surface area contributed by atoms with Gasteiger partial charge in [0, 0.05) is 31.9 Å². The average Bonchev–Trinajstić information content (AvgIpc) is 3.01. The maximum absolute atomic E-state index is 13.2. The molecular formula is C21H26N2O4S. The Balaban J connectivity index is 1.84. The lowest BCUT2D eigenvalue weighted by atomic mass is 10.1. The number of sulfonamides is 1. The molecule has 0 spiro atoms. The molecule has 0 saturated heterocycles. The number of ether oxygens (including phenoxy) is 1. The molecule has 0 aliphatic carbocycles. The predicted octanol–water partition coefficient (Wildman–Crippen LogP) is 2.90. The van der Waals surface area contributed by atoms with Crippen LogP contribution in [0.3, 0.4) is 0 Å².